The van der Waals surface area contributed by atoms with Crippen LogP contribution in [0.4, 0.5) is 0 Å². The van der Waals surface area contributed by atoms with Gasteiger partial charge in [0.1, 0.15) is 0 Å². The fourth-order valence-electron chi connectivity index (χ4n) is 1.28. The second-order valence-electron chi connectivity index (χ2n) is 3.65. The number of pyridine rings is 1. The Morgan fingerprint density at radius 2 is 2.31 bits per heavy atom. The van der Waals surface area contributed by atoms with Gasteiger partial charge in [-0.2, -0.15) is 0 Å². The Morgan fingerprint density at radius 3 is 2.94 bits per heavy atom. The standard InChI is InChI=1S/C12H18N2O2/c1-3-16-11-8-14-7-10(12(11)15)6-4-5-9(2)13/h4,6-9H,3,5,13H2,1-2H3,(H,14,15)/b6-4+. The van der Waals surface area contributed by atoms with Gasteiger partial charge in [0.05, 0.1) is 6.61 Å². The average Bonchev–Trinajstić information content (AvgIpc) is 2.23. The van der Waals surface area contributed by atoms with Crippen LogP contribution in [0.3, 0.4) is 0 Å². The van der Waals surface area contributed by atoms with Crippen molar-refractivity contribution in [1.82, 2.24) is 4.98 Å². The van der Waals surface area contributed by atoms with Crippen LogP contribution in [-0.2, 0) is 0 Å². The molecule has 1 unspecified atom stereocenters. The van der Waals surface area contributed by atoms with Crippen molar-refractivity contribution in [2.45, 2.75) is 26.3 Å². The molecule has 4 heteroatoms. The van der Waals surface area contributed by atoms with E-state index in [0.717, 1.165) is 6.42 Å². The van der Waals surface area contributed by atoms with Gasteiger partial charge < -0.3 is 15.5 Å². The molecule has 0 saturated carbocycles. The summed E-state index contributed by atoms with van der Waals surface area (Å²) >= 11 is 0. The first-order chi connectivity index (χ1) is 7.65. The van der Waals surface area contributed by atoms with Crippen LogP contribution in [0.25, 0.3) is 6.08 Å². The number of aromatic nitrogens is 1. The quantitative estimate of drug-likeness (QED) is 0.793. The zero-order valence-electron chi connectivity index (χ0n) is 9.69. The predicted molar refractivity (Wildman–Crippen MR) is 65.5 cm³/mol. The van der Waals surface area contributed by atoms with Crippen LogP contribution in [0.2, 0.25) is 0 Å². The summed E-state index contributed by atoms with van der Waals surface area (Å²) in [5.41, 5.74) is 6.10. The summed E-state index contributed by atoms with van der Waals surface area (Å²) in [6.45, 7) is 4.25. The van der Waals surface area contributed by atoms with Gasteiger partial charge in [-0.25, -0.2) is 0 Å². The third-order valence-corrected chi connectivity index (χ3v) is 2.04. The molecule has 3 N–H and O–H groups in total. The number of hydrogen-bond donors (Lipinski definition) is 2. The highest BCUT2D eigenvalue weighted by Crippen LogP contribution is 2.04. The van der Waals surface area contributed by atoms with E-state index in [-0.39, 0.29) is 11.5 Å². The Morgan fingerprint density at radius 1 is 1.56 bits per heavy atom. The third-order valence-electron chi connectivity index (χ3n) is 2.04. The molecular weight excluding hydrogens is 204 g/mol. The number of hydrogen-bond acceptors (Lipinski definition) is 3. The molecule has 1 rings (SSSR count). The molecule has 0 fully saturated rings. The van der Waals surface area contributed by atoms with E-state index in [2.05, 4.69) is 4.98 Å². The van der Waals surface area contributed by atoms with E-state index < -0.39 is 0 Å². The summed E-state index contributed by atoms with van der Waals surface area (Å²) in [5, 5.41) is 0. The number of nitrogens with one attached hydrogen (secondary N) is 1. The SMILES string of the molecule is CCOc1c[nH]cc(/C=C/CC(C)N)c1=O. The predicted octanol–water partition coefficient (Wildman–Crippen LogP) is 1.52. The van der Waals surface area contributed by atoms with E-state index in [1.54, 1.807) is 18.5 Å². The van der Waals surface area contributed by atoms with Crippen LogP contribution in [0.15, 0.2) is 23.3 Å². The van der Waals surface area contributed by atoms with Gasteiger partial charge in [-0.05, 0) is 20.3 Å². The Bertz CT molecular complexity index is 408. The topological polar surface area (TPSA) is 68.1 Å². The summed E-state index contributed by atoms with van der Waals surface area (Å²) in [4.78, 5) is 14.7. The van der Waals surface area contributed by atoms with Crippen molar-refractivity contribution in [3.05, 3.63) is 34.3 Å². The fourth-order valence-corrected chi connectivity index (χ4v) is 1.28. The van der Waals surface area contributed by atoms with Crippen molar-refractivity contribution in [2.75, 3.05) is 6.61 Å². The Labute approximate surface area is 95.1 Å². The molecule has 88 valence electrons. The zero-order valence-corrected chi connectivity index (χ0v) is 9.69. The molecule has 1 heterocycles. The number of aromatic amines is 1. The molecular formula is C12H18N2O2. The first-order valence-electron chi connectivity index (χ1n) is 5.41. The summed E-state index contributed by atoms with van der Waals surface area (Å²) in [6.07, 6.45) is 7.63. The lowest BCUT2D eigenvalue weighted by atomic mass is 10.2. The zero-order chi connectivity index (χ0) is 12.0. The van der Waals surface area contributed by atoms with Crippen LogP contribution < -0.4 is 15.9 Å². The van der Waals surface area contributed by atoms with Crippen molar-refractivity contribution < 1.29 is 4.74 Å². The van der Waals surface area contributed by atoms with Crippen molar-refractivity contribution in [2.24, 2.45) is 5.73 Å². The van der Waals surface area contributed by atoms with E-state index in [1.165, 1.54) is 0 Å². The van der Waals surface area contributed by atoms with E-state index >= 15 is 0 Å². The summed E-state index contributed by atoms with van der Waals surface area (Å²) in [6, 6.07) is 0.102. The van der Waals surface area contributed by atoms with Crippen LogP contribution in [0.5, 0.6) is 5.75 Å². The normalized spacial score (nSPS) is 12.9. The highest BCUT2D eigenvalue weighted by Gasteiger charge is 2.02. The molecule has 4 nitrogen and oxygen atoms in total. The van der Waals surface area contributed by atoms with E-state index in [0.29, 0.717) is 17.9 Å². The fraction of sp³-hybridized carbons (Fsp3) is 0.417. The van der Waals surface area contributed by atoms with Crippen molar-refractivity contribution >= 4 is 6.08 Å². The molecule has 0 aliphatic rings. The van der Waals surface area contributed by atoms with Crippen molar-refractivity contribution in [3.63, 3.8) is 0 Å². The Balaban J connectivity index is 2.85. The molecule has 0 spiro atoms. The second-order valence-corrected chi connectivity index (χ2v) is 3.65. The highest BCUT2D eigenvalue weighted by molar-refractivity contribution is 5.49. The van der Waals surface area contributed by atoms with Gasteiger partial charge >= 0.3 is 0 Å². The molecule has 0 saturated heterocycles. The van der Waals surface area contributed by atoms with Gasteiger partial charge in [0.15, 0.2) is 5.75 Å². The number of ether oxygens (including phenoxy) is 1. The van der Waals surface area contributed by atoms with Gasteiger partial charge in [0.2, 0.25) is 5.43 Å². The molecule has 16 heavy (non-hydrogen) atoms. The molecule has 0 aliphatic carbocycles. The maximum Gasteiger partial charge on any atom is 0.230 e. The molecule has 1 atom stereocenters. The molecule has 1 aromatic rings. The van der Waals surface area contributed by atoms with Gasteiger partial charge in [0, 0.05) is 24.0 Å². The highest BCUT2D eigenvalue weighted by atomic mass is 16.5. The van der Waals surface area contributed by atoms with Crippen molar-refractivity contribution in [1.29, 1.82) is 0 Å². The molecule has 1 aromatic heterocycles. The molecule has 0 radical (unpaired) electrons. The lowest BCUT2D eigenvalue weighted by Gasteiger charge is -2.02. The minimum atomic E-state index is -0.0958. The van der Waals surface area contributed by atoms with Crippen LogP contribution in [-0.4, -0.2) is 17.6 Å². The lowest BCUT2D eigenvalue weighted by Crippen LogP contribution is -2.13. The maximum absolute atomic E-state index is 11.8. The third kappa shape index (κ3) is 3.55. The number of nitrogens with two attached hydrogens (primary N) is 1. The summed E-state index contributed by atoms with van der Waals surface area (Å²) in [7, 11) is 0. The minimum Gasteiger partial charge on any atom is -0.488 e. The maximum atomic E-state index is 11.8. The van der Waals surface area contributed by atoms with Gasteiger partial charge in [-0.1, -0.05) is 12.2 Å². The van der Waals surface area contributed by atoms with Crippen molar-refractivity contribution in [3.8, 4) is 5.75 Å². The molecule has 0 aromatic carbocycles. The molecule has 0 aliphatic heterocycles. The van der Waals surface area contributed by atoms with Crippen LogP contribution >= 0.6 is 0 Å². The lowest BCUT2D eigenvalue weighted by molar-refractivity contribution is 0.335. The molecule has 0 bridgehead atoms. The molecule has 0 amide bonds. The van der Waals surface area contributed by atoms with Gasteiger partial charge in [-0.15, -0.1) is 0 Å². The first-order valence-corrected chi connectivity index (χ1v) is 5.41. The number of rotatable bonds is 5. The smallest absolute Gasteiger partial charge is 0.230 e. The number of H-pyrrole nitrogens is 1. The second kappa shape index (κ2) is 6.12. The monoisotopic (exact) mass is 222 g/mol. The Hall–Kier alpha value is -1.55. The van der Waals surface area contributed by atoms with Gasteiger partial charge in [-0.3, -0.25) is 4.79 Å². The Kier molecular flexibility index (Phi) is 4.79. The average molecular weight is 222 g/mol. The van der Waals surface area contributed by atoms with Crippen LogP contribution in [0, 0.1) is 0 Å². The summed E-state index contributed by atoms with van der Waals surface area (Å²) in [5.74, 6) is 0.352. The van der Waals surface area contributed by atoms with E-state index in [9.17, 15) is 4.79 Å². The van der Waals surface area contributed by atoms with Gasteiger partial charge in [0.25, 0.3) is 0 Å². The van der Waals surface area contributed by atoms with E-state index in [4.69, 9.17) is 10.5 Å². The van der Waals surface area contributed by atoms with E-state index in [1.807, 2.05) is 19.9 Å². The largest absolute Gasteiger partial charge is 0.488 e. The first kappa shape index (κ1) is 12.5. The minimum absolute atomic E-state index is 0.0958. The van der Waals surface area contributed by atoms with Crippen LogP contribution in [0.1, 0.15) is 25.8 Å². The summed E-state index contributed by atoms with van der Waals surface area (Å²) < 4.78 is 5.20.